The maximum atomic E-state index is 13.7. The molecule has 4 aliphatic rings. The first-order valence-electron chi connectivity index (χ1n) is 12.0. The van der Waals surface area contributed by atoms with Crippen LogP contribution in [0.25, 0.3) is 0 Å². The van der Waals surface area contributed by atoms with E-state index in [0.29, 0.717) is 5.69 Å². The van der Waals surface area contributed by atoms with E-state index in [1.807, 2.05) is 54.6 Å². The summed E-state index contributed by atoms with van der Waals surface area (Å²) in [5.41, 5.74) is 4.85. The molecule has 0 saturated carbocycles. The number of para-hydroxylation sites is 1. The molecule has 1 saturated heterocycles. The fourth-order valence-electron chi connectivity index (χ4n) is 6.16. The van der Waals surface area contributed by atoms with Crippen molar-refractivity contribution in [3.05, 3.63) is 101 Å². The number of likely N-dealkylation sites (tertiary alicyclic amines) is 1. The highest BCUT2D eigenvalue weighted by Gasteiger charge is 2.62. The van der Waals surface area contributed by atoms with Crippen molar-refractivity contribution in [2.75, 3.05) is 11.9 Å². The van der Waals surface area contributed by atoms with Crippen LogP contribution in [0.2, 0.25) is 0 Å². The molecule has 1 heterocycles. The number of rotatable bonds is 5. The number of hydrogen-bond donors (Lipinski definition) is 1. The molecule has 7 heteroatoms. The van der Waals surface area contributed by atoms with Crippen LogP contribution >= 0.6 is 0 Å². The zero-order valence-electron chi connectivity index (χ0n) is 19.6. The first kappa shape index (κ1) is 22.2. The van der Waals surface area contributed by atoms with E-state index in [0.717, 1.165) is 27.2 Å². The molecule has 7 nitrogen and oxygen atoms in total. The molecule has 36 heavy (non-hydrogen) atoms. The lowest BCUT2D eigenvalue weighted by Gasteiger charge is -2.45. The first-order chi connectivity index (χ1) is 17.5. The number of amides is 3. The van der Waals surface area contributed by atoms with Crippen molar-refractivity contribution in [2.24, 2.45) is 11.8 Å². The van der Waals surface area contributed by atoms with Crippen LogP contribution in [-0.2, 0) is 23.9 Å². The highest BCUT2D eigenvalue weighted by atomic mass is 16.5. The van der Waals surface area contributed by atoms with Gasteiger partial charge < -0.3 is 10.1 Å². The molecule has 0 radical (unpaired) electrons. The van der Waals surface area contributed by atoms with Crippen LogP contribution in [0, 0.1) is 11.8 Å². The van der Waals surface area contributed by atoms with Gasteiger partial charge in [0.25, 0.3) is 5.91 Å². The summed E-state index contributed by atoms with van der Waals surface area (Å²) in [7, 11) is 0. The SMILES string of the molecule is C[C@H](C(=O)OCC(=O)Nc1ccccc1)N1C(=O)[C@@H]2C3c4ccccc4C(c4ccccc43)[C@H]2C1=O. The number of carbonyl (C=O) groups is 4. The van der Waals surface area contributed by atoms with Gasteiger partial charge in [0.15, 0.2) is 6.61 Å². The van der Waals surface area contributed by atoms with E-state index in [1.165, 1.54) is 6.92 Å². The predicted molar refractivity (Wildman–Crippen MR) is 131 cm³/mol. The van der Waals surface area contributed by atoms with Gasteiger partial charge in [0, 0.05) is 17.5 Å². The molecule has 0 aromatic heterocycles. The molecule has 2 bridgehead atoms. The summed E-state index contributed by atoms with van der Waals surface area (Å²) in [5, 5.41) is 2.64. The van der Waals surface area contributed by atoms with Crippen molar-refractivity contribution >= 4 is 29.4 Å². The van der Waals surface area contributed by atoms with E-state index >= 15 is 0 Å². The summed E-state index contributed by atoms with van der Waals surface area (Å²) < 4.78 is 5.20. The Morgan fingerprint density at radius 2 is 1.22 bits per heavy atom. The van der Waals surface area contributed by atoms with Crippen LogP contribution < -0.4 is 5.32 Å². The minimum atomic E-state index is -1.13. The number of esters is 1. The second-order valence-corrected chi connectivity index (χ2v) is 9.51. The molecule has 3 aliphatic carbocycles. The summed E-state index contributed by atoms with van der Waals surface area (Å²) in [5.74, 6) is -3.63. The molecular formula is C29H24N2O5. The minimum absolute atomic E-state index is 0.242. The quantitative estimate of drug-likeness (QED) is 0.446. The lowest BCUT2D eigenvalue weighted by molar-refractivity contribution is -0.159. The van der Waals surface area contributed by atoms with Crippen LogP contribution in [0.3, 0.4) is 0 Å². The van der Waals surface area contributed by atoms with Crippen molar-refractivity contribution < 1.29 is 23.9 Å². The Morgan fingerprint density at radius 3 is 1.69 bits per heavy atom. The van der Waals surface area contributed by atoms with E-state index < -0.39 is 36.4 Å². The van der Waals surface area contributed by atoms with Crippen LogP contribution in [0.5, 0.6) is 0 Å². The molecule has 7 rings (SSSR count). The Labute approximate surface area is 208 Å². The van der Waals surface area contributed by atoms with E-state index in [1.54, 1.807) is 24.3 Å². The van der Waals surface area contributed by atoms with Gasteiger partial charge in [-0.15, -0.1) is 0 Å². The summed E-state index contributed by atoms with van der Waals surface area (Å²) in [6, 6.07) is 23.6. The van der Waals surface area contributed by atoms with Crippen LogP contribution in [0.4, 0.5) is 5.69 Å². The van der Waals surface area contributed by atoms with Crippen molar-refractivity contribution in [3.8, 4) is 0 Å². The summed E-state index contributed by atoms with van der Waals surface area (Å²) in [6.07, 6.45) is 0. The highest BCUT2D eigenvalue weighted by molar-refractivity contribution is 6.10. The molecular weight excluding hydrogens is 456 g/mol. The minimum Gasteiger partial charge on any atom is -0.454 e. The lowest BCUT2D eigenvalue weighted by Crippen LogP contribution is -2.45. The number of benzene rings is 3. The number of nitrogens with one attached hydrogen (secondary N) is 1. The summed E-state index contributed by atoms with van der Waals surface area (Å²) in [6.45, 7) is 0.968. The van der Waals surface area contributed by atoms with Gasteiger partial charge in [0.1, 0.15) is 6.04 Å². The lowest BCUT2D eigenvalue weighted by atomic mass is 9.55. The monoisotopic (exact) mass is 480 g/mol. The van der Waals surface area contributed by atoms with E-state index in [2.05, 4.69) is 5.32 Å². The first-order valence-corrected chi connectivity index (χ1v) is 12.0. The number of ether oxygens (including phenoxy) is 1. The predicted octanol–water partition coefficient (Wildman–Crippen LogP) is 3.45. The largest absolute Gasteiger partial charge is 0.454 e. The number of carbonyl (C=O) groups excluding carboxylic acids is 4. The van der Waals surface area contributed by atoms with Gasteiger partial charge in [-0.25, -0.2) is 4.79 Å². The summed E-state index contributed by atoms with van der Waals surface area (Å²) in [4.78, 5) is 53.5. The third kappa shape index (κ3) is 3.26. The molecule has 1 N–H and O–H groups in total. The molecule has 3 amide bonds. The van der Waals surface area contributed by atoms with Crippen LogP contribution in [0.1, 0.15) is 41.0 Å². The second kappa shape index (κ2) is 8.45. The molecule has 1 aliphatic heterocycles. The maximum absolute atomic E-state index is 13.7. The van der Waals surface area contributed by atoms with Gasteiger partial charge in [0.2, 0.25) is 11.8 Å². The third-order valence-corrected chi connectivity index (χ3v) is 7.61. The number of anilines is 1. The second-order valence-electron chi connectivity index (χ2n) is 9.51. The standard InChI is InChI=1S/C29H24N2O5/c1-16(29(35)36-15-22(32)30-17-9-3-2-4-10-17)31-27(33)25-23-18-11-5-6-12-19(18)24(26(25)28(31)34)21-14-8-7-13-20(21)23/h2-14,16,23-26H,15H2,1H3,(H,30,32)/t16-,23?,24?,25-,26-/m1/s1. The van der Waals surface area contributed by atoms with Gasteiger partial charge in [-0.05, 0) is 41.3 Å². The number of hydrogen-bond acceptors (Lipinski definition) is 5. The van der Waals surface area contributed by atoms with Gasteiger partial charge >= 0.3 is 5.97 Å². The Morgan fingerprint density at radius 1 is 0.778 bits per heavy atom. The van der Waals surface area contributed by atoms with E-state index in [4.69, 9.17) is 4.74 Å². The smallest absolute Gasteiger partial charge is 0.329 e. The molecule has 3 aromatic rings. The number of imide groups is 1. The molecule has 3 aromatic carbocycles. The molecule has 1 fully saturated rings. The van der Waals surface area contributed by atoms with Crippen molar-refractivity contribution in [1.82, 2.24) is 4.90 Å². The van der Waals surface area contributed by atoms with Gasteiger partial charge in [-0.2, -0.15) is 0 Å². The zero-order valence-corrected chi connectivity index (χ0v) is 19.6. The van der Waals surface area contributed by atoms with Crippen LogP contribution in [0.15, 0.2) is 78.9 Å². The summed E-state index contributed by atoms with van der Waals surface area (Å²) >= 11 is 0. The fraction of sp³-hybridized carbons (Fsp3) is 0.241. The van der Waals surface area contributed by atoms with Gasteiger partial charge in [-0.1, -0.05) is 66.7 Å². The van der Waals surface area contributed by atoms with Crippen molar-refractivity contribution in [1.29, 1.82) is 0 Å². The van der Waals surface area contributed by atoms with Gasteiger partial charge in [0.05, 0.1) is 11.8 Å². The van der Waals surface area contributed by atoms with E-state index in [-0.39, 0.29) is 23.7 Å². The average molecular weight is 481 g/mol. The van der Waals surface area contributed by atoms with Gasteiger partial charge in [-0.3, -0.25) is 19.3 Å². The average Bonchev–Trinajstić information content (AvgIpc) is 3.17. The Kier molecular flexibility index (Phi) is 5.21. The van der Waals surface area contributed by atoms with Crippen molar-refractivity contribution in [3.63, 3.8) is 0 Å². The maximum Gasteiger partial charge on any atom is 0.329 e. The van der Waals surface area contributed by atoms with E-state index in [9.17, 15) is 19.2 Å². The third-order valence-electron chi connectivity index (χ3n) is 7.61. The number of nitrogens with zero attached hydrogens (tertiary/aromatic N) is 1. The zero-order chi connectivity index (χ0) is 25.0. The van der Waals surface area contributed by atoms with Crippen LogP contribution in [-0.4, -0.2) is 41.2 Å². The van der Waals surface area contributed by atoms with Crippen molar-refractivity contribution in [2.45, 2.75) is 24.8 Å². The topological polar surface area (TPSA) is 92.8 Å². The Balaban J connectivity index is 1.24. The fourth-order valence-corrected chi connectivity index (χ4v) is 6.16. The Hall–Kier alpha value is -4.26. The molecule has 0 unspecified atom stereocenters. The molecule has 0 spiro atoms. The normalized spacial score (nSPS) is 24.0. The molecule has 3 atom stereocenters. The Bertz CT molecular complexity index is 1290. The highest BCUT2D eigenvalue weighted by Crippen LogP contribution is 2.61. The molecule has 180 valence electrons.